The first kappa shape index (κ1) is 25.6. The molecule has 2 fully saturated rings. The van der Waals surface area contributed by atoms with Crippen LogP contribution in [0.5, 0.6) is 0 Å². The van der Waals surface area contributed by atoms with E-state index >= 15 is 0 Å². The number of anilines is 1. The SMILES string of the molecule is [C-]#[N+]c1ccc(N2C(=O)C(C)(C)N(CCCCCCCCN3CCC[C@H]3CO)C2=S)cc1C. The first-order valence-corrected chi connectivity index (χ1v) is 12.7. The van der Waals surface area contributed by atoms with Gasteiger partial charge in [0.15, 0.2) is 10.8 Å². The van der Waals surface area contributed by atoms with Crippen LogP contribution in [0.15, 0.2) is 18.2 Å². The van der Waals surface area contributed by atoms with Crippen LogP contribution < -0.4 is 4.90 Å². The predicted octanol–water partition coefficient (Wildman–Crippen LogP) is 5.06. The van der Waals surface area contributed by atoms with E-state index in [0.717, 1.165) is 50.1 Å². The zero-order chi connectivity index (χ0) is 24.0. The Balaban J connectivity index is 1.43. The lowest BCUT2D eigenvalue weighted by molar-refractivity contribution is -0.123. The molecule has 180 valence electrons. The largest absolute Gasteiger partial charge is 0.395 e. The quantitative estimate of drug-likeness (QED) is 0.278. The second-order valence-electron chi connectivity index (χ2n) is 9.85. The number of aliphatic hydroxyl groups excluding tert-OH is 1. The number of aliphatic hydroxyl groups is 1. The summed E-state index contributed by atoms with van der Waals surface area (Å²) in [7, 11) is 0. The molecule has 0 unspecified atom stereocenters. The number of hydrogen-bond donors (Lipinski definition) is 1. The van der Waals surface area contributed by atoms with Gasteiger partial charge in [-0.25, -0.2) is 4.85 Å². The third-order valence-electron chi connectivity index (χ3n) is 7.17. The molecule has 1 N–H and O–H groups in total. The number of likely N-dealkylation sites (tertiary alicyclic amines) is 1. The third kappa shape index (κ3) is 5.74. The minimum absolute atomic E-state index is 0.00874. The molecule has 2 heterocycles. The number of benzene rings is 1. The van der Waals surface area contributed by atoms with Crippen LogP contribution in [0, 0.1) is 13.5 Å². The van der Waals surface area contributed by atoms with Crippen LogP contribution >= 0.6 is 12.2 Å². The second-order valence-corrected chi connectivity index (χ2v) is 10.2. The number of amides is 1. The Morgan fingerprint density at radius 1 is 1.15 bits per heavy atom. The molecular formula is C26H38N4O2S. The smallest absolute Gasteiger partial charge is 0.258 e. The topological polar surface area (TPSA) is 51.4 Å². The fourth-order valence-electron chi connectivity index (χ4n) is 5.03. The number of rotatable bonds is 11. The molecule has 0 saturated carbocycles. The summed E-state index contributed by atoms with van der Waals surface area (Å²) in [6.45, 7) is 16.3. The van der Waals surface area contributed by atoms with Gasteiger partial charge in [0.25, 0.3) is 5.91 Å². The molecule has 0 spiro atoms. The van der Waals surface area contributed by atoms with Crippen molar-refractivity contribution in [3.8, 4) is 0 Å². The molecule has 7 heteroatoms. The summed E-state index contributed by atoms with van der Waals surface area (Å²) >= 11 is 5.73. The maximum Gasteiger partial charge on any atom is 0.258 e. The molecule has 33 heavy (non-hydrogen) atoms. The number of aryl methyl sites for hydroxylation is 1. The lowest BCUT2D eigenvalue weighted by Crippen LogP contribution is -2.44. The van der Waals surface area contributed by atoms with Crippen molar-refractivity contribution >= 4 is 34.6 Å². The van der Waals surface area contributed by atoms with E-state index in [-0.39, 0.29) is 5.91 Å². The number of thiocarbonyl (C=S) groups is 1. The highest BCUT2D eigenvalue weighted by Crippen LogP contribution is 2.34. The van der Waals surface area contributed by atoms with Crippen LogP contribution in [0.25, 0.3) is 4.85 Å². The molecule has 0 aliphatic carbocycles. The molecule has 2 saturated heterocycles. The first-order valence-electron chi connectivity index (χ1n) is 12.3. The Kier molecular flexibility index (Phi) is 8.86. The Bertz CT molecular complexity index is 895. The highest BCUT2D eigenvalue weighted by Gasteiger charge is 2.49. The van der Waals surface area contributed by atoms with Crippen molar-refractivity contribution in [3.63, 3.8) is 0 Å². The maximum atomic E-state index is 13.2. The zero-order valence-corrected chi connectivity index (χ0v) is 21.2. The summed E-state index contributed by atoms with van der Waals surface area (Å²) in [6.07, 6.45) is 9.35. The Labute approximate surface area is 204 Å². The van der Waals surface area contributed by atoms with Gasteiger partial charge < -0.3 is 10.0 Å². The average Bonchev–Trinajstić information content (AvgIpc) is 3.31. The summed E-state index contributed by atoms with van der Waals surface area (Å²) in [4.78, 5) is 22.8. The molecule has 1 amide bonds. The van der Waals surface area contributed by atoms with Crippen LogP contribution in [0.4, 0.5) is 11.4 Å². The fourth-order valence-corrected chi connectivity index (χ4v) is 5.54. The van der Waals surface area contributed by atoms with E-state index in [2.05, 4.69) is 14.6 Å². The summed E-state index contributed by atoms with van der Waals surface area (Å²) < 4.78 is 0. The van der Waals surface area contributed by atoms with Crippen molar-refractivity contribution in [3.05, 3.63) is 35.2 Å². The van der Waals surface area contributed by atoms with Crippen LogP contribution in [0.1, 0.15) is 70.8 Å². The average molecular weight is 471 g/mol. The van der Waals surface area contributed by atoms with Gasteiger partial charge in [0.1, 0.15) is 5.54 Å². The standard InChI is InChI=1S/C26H38N4O2S/c1-20-18-21(13-14-23(20)27-4)30-24(32)26(2,3)29(25(30)33)17-10-8-6-5-7-9-15-28-16-11-12-22(28)19-31/h13-14,18,22,31H,5-12,15-17,19H2,1-3H3/t22-/m0/s1. The third-order valence-corrected chi connectivity index (χ3v) is 7.57. The van der Waals surface area contributed by atoms with E-state index in [1.807, 2.05) is 32.9 Å². The van der Waals surface area contributed by atoms with Crippen molar-refractivity contribution in [1.29, 1.82) is 0 Å². The first-order chi connectivity index (χ1) is 15.8. The van der Waals surface area contributed by atoms with Crippen LogP contribution in [-0.2, 0) is 4.79 Å². The number of carbonyl (C=O) groups is 1. The van der Waals surface area contributed by atoms with E-state index in [4.69, 9.17) is 18.8 Å². The van der Waals surface area contributed by atoms with Gasteiger partial charge in [0.2, 0.25) is 0 Å². The second kappa shape index (κ2) is 11.4. The Hall–Kier alpha value is -2.01. The molecule has 1 aromatic carbocycles. The highest BCUT2D eigenvalue weighted by molar-refractivity contribution is 7.80. The number of hydrogen-bond acceptors (Lipinski definition) is 4. The van der Waals surface area contributed by atoms with Gasteiger partial charge in [0.05, 0.1) is 13.2 Å². The molecule has 1 atom stereocenters. The van der Waals surface area contributed by atoms with E-state index in [1.54, 1.807) is 11.0 Å². The van der Waals surface area contributed by atoms with Crippen molar-refractivity contribution in [2.24, 2.45) is 0 Å². The van der Waals surface area contributed by atoms with Crippen LogP contribution in [-0.4, -0.2) is 63.7 Å². The molecule has 2 aliphatic heterocycles. The fraction of sp³-hybridized carbons (Fsp3) is 0.654. The molecule has 0 aromatic heterocycles. The molecule has 3 rings (SSSR count). The van der Waals surface area contributed by atoms with Gasteiger partial charge in [-0.2, -0.15) is 0 Å². The summed E-state index contributed by atoms with van der Waals surface area (Å²) in [5, 5.41) is 9.98. The molecule has 0 bridgehead atoms. The lowest BCUT2D eigenvalue weighted by Gasteiger charge is -2.29. The summed E-state index contributed by atoms with van der Waals surface area (Å²) in [6, 6.07) is 5.84. The molecule has 2 aliphatic rings. The van der Waals surface area contributed by atoms with E-state index in [9.17, 15) is 9.90 Å². The van der Waals surface area contributed by atoms with Crippen molar-refractivity contribution in [2.75, 3.05) is 31.1 Å². The van der Waals surface area contributed by atoms with Gasteiger partial charge in [-0.3, -0.25) is 14.6 Å². The zero-order valence-electron chi connectivity index (χ0n) is 20.3. The van der Waals surface area contributed by atoms with Gasteiger partial charge in [-0.1, -0.05) is 31.7 Å². The summed E-state index contributed by atoms with van der Waals surface area (Å²) in [5.41, 5.74) is 1.53. The molecule has 1 aromatic rings. The van der Waals surface area contributed by atoms with Crippen molar-refractivity contribution in [1.82, 2.24) is 9.80 Å². The van der Waals surface area contributed by atoms with Crippen molar-refractivity contribution in [2.45, 2.75) is 83.7 Å². The van der Waals surface area contributed by atoms with Crippen LogP contribution in [0.2, 0.25) is 0 Å². The van der Waals surface area contributed by atoms with Gasteiger partial charge in [-0.15, -0.1) is 0 Å². The van der Waals surface area contributed by atoms with Gasteiger partial charge in [-0.05, 0) is 89.5 Å². The van der Waals surface area contributed by atoms with E-state index in [1.165, 1.54) is 32.1 Å². The number of carbonyl (C=O) groups excluding carboxylic acids is 1. The Morgan fingerprint density at radius 2 is 1.82 bits per heavy atom. The van der Waals surface area contributed by atoms with Gasteiger partial charge in [0, 0.05) is 18.3 Å². The monoisotopic (exact) mass is 470 g/mol. The van der Waals surface area contributed by atoms with E-state index < -0.39 is 5.54 Å². The molecule has 6 nitrogen and oxygen atoms in total. The minimum atomic E-state index is -0.664. The Morgan fingerprint density at radius 3 is 2.45 bits per heavy atom. The summed E-state index contributed by atoms with van der Waals surface area (Å²) in [5.74, 6) is -0.00874. The van der Waals surface area contributed by atoms with Gasteiger partial charge >= 0.3 is 0 Å². The number of nitrogens with zero attached hydrogens (tertiary/aromatic N) is 4. The maximum absolute atomic E-state index is 13.2. The predicted molar refractivity (Wildman–Crippen MR) is 138 cm³/mol. The number of unbranched alkanes of at least 4 members (excludes halogenated alkanes) is 5. The highest BCUT2D eigenvalue weighted by atomic mass is 32.1. The van der Waals surface area contributed by atoms with E-state index in [0.29, 0.717) is 23.4 Å². The van der Waals surface area contributed by atoms with Crippen molar-refractivity contribution < 1.29 is 9.90 Å². The molecule has 0 radical (unpaired) electrons. The van der Waals surface area contributed by atoms with Crippen LogP contribution in [0.3, 0.4) is 0 Å². The minimum Gasteiger partial charge on any atom is -0.395 e. The molecular weight excluding hydrogens is 432 g/mol. The lowest BCUT2D eigenvalue weighted by atomic mass is 10.0. The normalized spacial score (nSPS) is 20.6.